The molecule has 1 saturated heterocycles. The Kier molecular flexibility index (Phi) is 6.24. The van der Waals surface area contributed by atoms with Crippen LogP contribution in [-0.4, -0.2) is 50.6 Å². The Labute approximate surface area is 155 Å². The van der Waals surface area contributed by atoms with Gasteiger partial charge in [-0.3, -0.25) is 13.9 Å². The SMILES string of the molecule is Cc1cc(F)c(N=C2SCC(=O)N2CC(F)(F)F)cc1[S@@](=O)CC(F)(F)F. The minimum absolute atomic E-state index is 0.0265. The molecule has 2 rings (SSSR count). The number of hydrogen-bond acceptors (Lipinski definition) is 4. The quantitative estimate of drug-likeness (QED) is 0.673. The molecule has 0 aromatic heterocycles. The maximum absolute atomic E-state index is 14.1. The summed E-state index contributed by atoms with van der Waals surface area (Å²) in [7, 11) is -2.55. The number of amides is 1. The number of halogens is 7. The van der Waals surface area contributed by atoms with Crippen LogP contribution in [0, 0.1) is 12.7 Å². The first kappa shape index (κ1) is 21.7. The summed E-state index contributed by atoms with van der Waals surface area (Å²) in [6, 6.07) is 1.58. The van der Waals surface area contributed by atoms with Gasteiger partial charge in [-0.2, -0.15) is 26.3 Å². The van der Waals surface area contributed by atoms with Gasteiger partial charge >= 0.3 is 12.4 Å². The normalized spacial score (nSPS) is 18.4. The van der Waals surface area contributed by atoms with E-state index in [0.29, 0.717) is 16.7 Å². The molecule has 27 heavy (non-hydrogen) atoms. The van der Waals surface area contributed by atoms with Gasteiger partial charge in [0.1, 0.15) is 23.8 Å². The maximum Gasteiger partial charge on any atom is 0.406 e. The van der Waals surface area contributed by atoms with Crippen molar-refractivity contribution >= 4 is 39.3 Å². The van der Waals surface area contributed by atoms with Crippen molar-refractivity contribution in [2.45, 2.75) is 24.2 Å². The lowest BCUT2D eigenvalue weighted by Gasteiger charge is -2.18. The second kappa shape index (κ2) is 7.78. The van der Waals surface area contributed by atoms with E-state index in [-0.39, 0.29) is 16.2 Å². The molecule has 0 radical (unpaired) electrons. The standard InChI is InChI=1S/C14H11F7N2O2S2/c1-7-2-8(15)9(3-10(7)27(25)6-14(19,20)21)22-12-23(5-13(16,17)18)11(24)4-26-12/h2-3H,4-6H2,1H3/t27-/m0/s1. The van der Waals surface area contributed by atoms with Crippen LogP contribution < -0.4 is 0 Å². The minimum atomic E-state index is -4.73. The highest BCUT2D eigenvalue weighted by Gasteiger charge is 2.39. The molecule has 1 aliphatic heterocycles. The molecule has 150 valence electrons. The Morgan fingerprint density at radius 3 is 2.37 bits per heavy atom. The van der Waals surface area contributed by atoms with Gasteiger partial charge in [0.15, 0.2) is 5.17 Å². The van der Waals surface area contributed by atoms with Gasteiger partial charge in [-0.15, -0.1) is 0 Å². The second-order valence-corrected chi connectivity index (χ2v) is 7.81. The molecule has 1 amide bonds. The molecule has 1 aliphatic rings. The largest absolute Gasteiger partial charge is 0.406 e. The Bertz CT molecular complexity index is 806. The molecule has 0 bridgehead atoms. The minimum Gasteiger partial charge on any atom is -0.281 e. The first-order chi connectivity index (χ1) is 12.3. The lowest BCUT2D eigenvalue weighted by atomic mass is 10.2. The summed E-state index contributed by atoms with van der Waals surface area (Å²) < 4.78 is 101. The molecule has 0 saturated carbocycles. The number of amidine groups is 1. The zero-order valence-corrected chi connectivity index (χ0v) is 15.1. The molecule has 13 heteroatoms. The lowest BCUT2D eigenvalue weighted by molar-refractivity contribution is -0.150. The van der Waals surface area contributed by atoms with Crippen LogP contribution in [0.15, 0.2) is 22.0 Å². The number of nitrogens with zero attached hydrogens (tertiary/aromatic N) is 2. The van der Waals surface area contributed by atoms with Gasteiger partial charge in [0.05, 0.1) is 16.6 Å². The third-order valence-electron chi connectivity index (χ3n) is 3.19. The van der Waals surface area contributed by atoms with E-state index >= 15 is 0 Å². The van der Waals surface area contributed by atoms with Crippen molar-refractivity contribution in [3.05, 3.63) is 23.5 Å². The van der Waals surface area contributed by atoms with Crippen molar-refractivity contribution in [3.8, 4) is 0 Å². The van der Waals surface area contributed by atoms with Gasteiger partial charge in [-0.05, 0) is 24.6 Å². The molecular formula is C14H11F7N2O2S2. The van der Waals surface area contributed by atoms with Crippen LogP contribution in [0.5, 0.6) is 0 Å². The molecule has 1 atom stereocenters. The summed E-state index contributed by atoms with van der Waals surface area (Å²) >= 11 is 0.635. The van der Waals surface area contributed by atoms with Crippen LogP contribution in [0.25, 0.3) is 0 Å². The van der Waals surface area contributed by atoms with Crippen LogP contribution in [0.1, 0.15) is 5.56 Å². The number of aryl methyl sites for hydroxylation is 1. The van der Waals surface area contributed by atoms with Crippen LogP contribution in [0.4, 0.5) is 36.4 Å². The van der Waals surface area contributed by atoms with E-state index in [1.165, 1.54) is 6.92 Å². The number of thioether (sulfide) groups is 1. The highest BCUT2D eigenvalue weighted by Crippen LogP contribution is 2.31. The highest BCUT2D eigenvalue weighted by atomic mass is 32.2. The zero-order chi connectivity index (χ0) is 20.6. The van der Waals surface area contributed by atoms with Gasteiger partial charge < -0.3 is 0 Å². The zero-order valence-electron chi connectivity index (χ0n) is 13.4. The van der Waals surface area contributed by atoms with Crippen LogP contribution >= 0.6 is 11.8 Å². The van der Waals surface area contributed by atoms with Gasteiger partial charge in [0, 0.05) is 4.90 Å². The van der Waals surface area contributed by atoms with E-state index in [4.69, 9.17) is 0 Å². The fraction of sp³-hybridized carbons (Fsp3) is 0.429. The Balaban J connectivity index is 2.40. The number of aliphatic imine (C=N–C) groups is 1. The van der Waals surface area contributed by atoms with E-state index in [9.17, 15) is 39.7 Å². The summed E-state index contributed by atoms with van der Waals surface area (Å²) in [5, 5.41) is -0.437. The summed E-state index contributed by atoms with van der Waals surface area (Å²) in [6.45, 7) is -0.384. The van der Waals surface area contributed by atoms with Gasteiger partial charge in [0.25, 0.3) is 0 Å². The topological polar surface area (TPSA) is 49.7 Å². The van der Waals surface area contributed by atoms with Crippen molar-refractivity contribution in [1.29, 1.82) is 0 Å². The number of alkyl halides is 6. The number of rotatable bonds is 4. The highest BCUT2D eigenvalue weighted by molar-refractivity contribution is 8.15. The monoisotopic (exact) mass is 436 g/mol. The molecule has 1 fully saturated rings. The van der Waals surface area contributed by atoms with Crippen molar-refractivity contribution in [3.63, 3.8) is 0 Å². The van der Waals surface area contributed by atoms with Crippen molar-refractivity contribution in [2.24, 2.45) is 4.99 Å². The summed E-state index contributed by atoms with van der Waals surface area (Å²) in [5.74, 6) is -3.91. The molecular weight excluding hydrogens is 425 g/mol. The predicted octanol–water partition coefficient (Wildman–Crippen LogP) is 3.93. The van der Waals surface area contributed by atoms with Crippen LogP contribution in [-0.2, 0) is 15.6 Å². The number of carbonyl (C=O) groups is 1. The van der Waals surface area contributed by atoms with Gasteiger partial charge in [-0.25, -0.2) is 9.38 Å². The Morgan fingerprint density at radius 1 is 1.19 bits per heavy atom. The third-order valence-corrected chi connectivity index (χ3v) is 5.68. The summed E-state index contributed by atoms with van der Waals surface area (Å²) in [5.41, 5.74) is -0.628. The predicted molar refractivity (Wildman–Crippen MR) is 85.8 cm³/mol. The van der Waals surface area contributed by atoms with E-state index in [1.54, 1.807) is 0 Å². The first-order valence-electron chi connectivity index (χ1n) is 7.11. The summed E-state index contributed by atoms with van der Waals surface area (Å²) in [4.78, 5) is 15.2. The Morgan fingerprint density at radius 2 is 1.81 bits per heavy atom. The van der Waals surface area contributed by atoms with E-state index in [0.717, 1.165) is 12.1 Å². The van der Waals surface area contributed by atoms with E-state index in [2.05, 4.69) is 4.99 Å². The molecule has 0 spiro atoms. The average molecular weight is 436 g/mol. The number of hydrogen-bond donors (Lipinski definition) is 0. The second-order valence-electron chi connectivity index (χ2n) is 5.45. The molecule has 0 aliphatic carbocycles. The van der Waals surface area contributed by atoms with E-state index in [1.807, 2.05) is 0 Å². The number of carbonyl (C=O) groups excluding carboxylic acids is 1. The molecule has 0 N–H and O–H groups in total. The molecule has 0 unspecified atom stereocenters. The van der Waals surface area contributed by atoms with Crippen LogP contribution in [0.3, 0.4) is 0 Å². The van der Waals surface area contributed by atoms with E-state index < -0.39 is 58.0 Å². The van der Waals surface area contributed by atoms with Crippen LogP contribution in [0.2, 0.25) is 0 Å². The van der Waals surface area contributed by atoms with Crippen molar-refractivity contribution in [1.82, 2.24) is 4.90 Å². The third kappa shape index (κ3) is 5.92. The van der Waals surface area contributed by atoms with Crippen molar-refractivity contribution in [2.75, 3.05) is 18.1 Å². The summed E-state index contributed by atoms with van der Waals surface area (Å²) in [6.07, 6.45) is -9.44. The number of benzene rings is 1. The fourth-order valence-corrected chi connectivity index (χ4v) is 4.13. The lowest BCUT2D eigenvalue weighted by Crippen LogP contribution is -2.38. The average Bonchev–Trinajstić information content (AvgIpc) is 2.79. The molecule has 1 heterocycles. The van der Waals surface area contributed by atoms with Crippen molar-refractivity contribution < 1.29 is 39.7 Å². The molecule has 1 aromatic rings. The van der Waals surface area contributed by atoms with Gasteiger partial charge in [-0.1, -0.05) is 11.8 Å². The smallest absolute Gasteiger partial charge is 0.281 e. The fourth-order valence-electron chi connectivity index (χ4n) is 2.12. The maximum atomic E-state index is 14.1. The van der Waals surface area contributed by atoms with Gasteiger partial charge in [0.2, 0.25) is 5.91 Å². The first-order valence-corrected chi connectivity index (χ1v) is 9.41. The molecule has 4 nitrogen and oxygen atoms in total. The molecule has 1 aromatic carbocycles. The Hall–Kier alpha value is -1.63.